The Balaban J connectivity index is 1.79. The smallest absolute Gasteiger partial charge is 0.165 e. The third kappa shape index (κ3) is 2.46. The summed E-state index contributed by atoms with van der Waals surface area (Å²) in [5.74, 6) is 3.05. The van der Waals surface area contributed by atoms with Crippen molar-refractivity contribution < 1.29 is 0 Å². The van der Waals surface area contributed by atoms with Gasteiger partial charge in [0, 0.05) is 43.4 Å². The van der Waals surface area contributed by atoms with Gasteiger partial charge < -0.3 is 9.47 Å². The average molecular weight is 329 g/mol. The first-order valence-electron chi connectivity index (χ1n) is 7.76. The van der Waals surface area contributed by atoms with Crippen molar-refractivity contribution in [3.63, 3.8) is 0 Å². The number of aryl methyl sites for hydroxylation is 2. The van der Waals surface area contributed by atoms with E-state index in [1.807, 2.05) is 36.0 Å². The quantitative estimate of drug-likeness (QED) is 0.731. The minimum Gasteiger partial charge on any atom is -0.346 e. The van der Waals surface area contributed by atoms with Gasteiger partial charge in [-0.25, -0.2) is 15.0 Å². The fourth-order valence-corrected chi connectivity index (χ4v) is 4.14. The van der Waals surface area contributed by atoms with Crippen molar-refractivity contribution in [1.29, 1.82) is 0 Å². The monoisotopic (exact) mass is 329 g/mol. The molecule has 1 aliphatic rings. The van der Waals surface area contributed by atoms with Crippen LogP contribution in [0.1, 0.15) is 18.5 Å². The second kappa shape index (κ2) is 5.84. The van der Waals surface area contributed by atoms with Crippen LogP contribution in [0, 0.1) is 0 Å². The fraction of sp³-hybridized carbons (Fsp3) is 0.467. The van der Waals surface area contributed by atoms with E-state index in [1.165, 1.54) is 5.56 Å². The largest absolute Gasteiger partial charge is 0.346 e. The lowest BCUT2D eigenvalue weighted by molar-refractivity contribution is 0.676. The zero-order chi connectivity index (χ0) is 15.8. The second-order valence-corrected chi connectivity index (χ2v) is 6.78. The topological polar surface area (TPSA) is 64.7 Å². The number of hydrogen-bond donors (Lipinski definition) is 0. The molecule has 23 heavy (non-hydrogen) atoms. The molecule has 7 nitrogen and oxygen atoms in total. The number of hydrogen-bond acceptors (Lipinski definition) is 6. The molecule has 120 valence electrons. The van der Waals surface area contributed by atoms with Crippen molar-refractivity contribution in [2.75, 3.05) is 23.0 Å². The molecule has 0 spiro atoms. The van der Waals surface area contributed by atoms with Crippen molar-refractivity contribution in [2.45, 2.75) is 19.5 Å². The lowest BCUT2D eigenvalue weighted by Gasteiger charge is -2.35. The van der Waals surface area contributed by atoms with Gasteiger partial charge in [-0.05, 0) is 6.92 Å². The minimum atomic E-state index is 0.271. The lowest BCUT2D eigenvalue weighted by atomic mass is 10.1. The first-order valence-corrected chi connectivity index (χ1v) is 8.92. The molecule has 0 amide bonds. The Morgan fingerprint density at radius 2 is 2.22 bits per heavy atom. The summed E-state index contributed by atoms with van der Waals surface area (Å²) >= 11 is 1.97. The molecule has 0 aliphatic carbocycles. The molecule has 3 aromatic heterocycles. The molecule has 1 fully saturated rings. The van der Waals surface area contributed by atoms with E-state index in [2.05, 4.69) is 42.6 Å². The van der Waals surface area contributed by atoms with Gasteiger partial charge in [-0.3, -0.25) is 4.68 Å². The maximum Gasteiger partial charge on any atom is 0.165 e. The number of nitrogens with zero attached hydrogens (tertiary/aromatic N) is 7. The van der Waals surface area contributed by atoms with E-state index < -0.39 is 0 Å². The van der Waals surface area contributed by atoms with Gasteiger partial charge in [0.2, 0.25) is 0 Å². The van der Waals surface area contributed by atoms with E-state index >= 15 is 0 Å². The number of anilines is 1. The molecule has 4 heterocycles. The zero-order valence-electron chi connectivity index (χ0n) is 13.3. The summed E-state index contributed by atoms with van der Waals surface area (Å²) in [5.41, 5.74) is 3.01. The van der Waals surface area contributed by atoms with Crippen LogP contribution < -0.4 is 4.90 Å². The van der Waals surface area contributed by atoms with Crippen LogP contribution in [0.25, 0.3) is 11.2 Å². The standard InChI is InChI=1S/C15H19N7S/c1-3-21-10-18-13-14(21)16-9-17-15(13)22-4-5-23-8-12(22)11-6-19-20(2)7-11/h6-7,9-10,12H,3-5,8H2,1-2H3/t12-/m1/s1. The summed E-state index contributed by atoms with van der Waals surface area (Å²) in [6.07, 6.45) is 7.54. The van der Waals surface area contributed by atoms with Gasteiger partial charge in [-0.15, -0.1) is 0 Å². The molecule has 0 unspecified atom stereocenters. The maximum atomic E-state index is 4.57. The van der Waals surface area contributed by atoms with E-state index in [-0.39, 0.29) is 6.04 Å². The molecule has 3 aromatic rings. The predicted octanol–water partition coefficient (Wildman–Crippen LogP) is 1.87. The molecule has 1 saturated heterocycles. The molecule has 0 N–H and O–H groups in total. The number of fused-ring (bicyclic) bond motifs is 1. The molecular formula is C15H19N7S. The summed E-state index contributed by atoms with van der Waals surface area (Å²) in [7, 11) is 1.95. The van der Waals surface area contributed by atoms with Gasteiger partial charge in [0.05, 0.1) is 18.6 Å². The van der Waals surface area contributed by atoms with E-state index in [9.17, 15) is 0 Å². The van der Waals surface area contributed by atoms with Crippen LogP contribution in [0.5, 0.6) is 0 Å². The highest BCUT2D eigenvalue weighted by Crippen LogP contribution is 2.35. The number of rotatable bonds is 3. The van der Waals surface area contributed by atoms with Gasteiger partial charge in [-0.2, -0.15) is 16.9 Å². The average Bonchev–Trinajstić information content (AvgIpc) is 3.20. The van der Waals surface area contributed by atoms with Crippen LogP contribution in [0.15, 0.2) is 25.0 Å². The van der Waals surface area contributed by atoms with E-state index in [0.717, 1.165) is 41.6 Å². The van der Waals surface area contributed by atoms with Gasteiger partial charge in [0.15, 0.2) is 17.0 Å². The Kier molecular flexibility index (Phi) is 3.68. The highest BCUT2D eigenvalue weighted by atomic mass is 32.2. The number of thioether (sulfide) groups is 1. The third-order valence-electron chi connectivity index (χ3n) is 4.23. The molecule has 0 bridgehead atoms. The second-order valence-electron chi connectivity index (χ2n) is 5.63. The summed E-state index contributed by atoms with van der Waals surface area (Å²) in [6.45, 7) is 3.91. The summed E-state index contributed by atoms with van der Waals surface area (Å²) < 4.78 is 3.91. The van der Waals surface area contributed by atoms with Crippen molar-refractivity contribution in [2.24, 2.45) is 7.05 Å². The van der Waals surface area contributed by atoms with Crippen molar-refractivity contribution in [3.8, 4) is 0 Å². The maximum absolute atomic E-state index is 4.57. The van der Waals surface area contributed by atoms with Gasteiger partial charge in [0.25, 0.3) is 0 Å². The summed E-state index contributed by atoms with van der Waals surface area (Å²) in [5, 5.41) is 4.33. The summed E-state index contributed by atoms with van der Waals surface area (Å²) in [6, 6.07) is 0.271. The molecule has 4 rings (SSSR count). The molecular weight excluding hydrogens is 310 g/mol. The van der Waals surface area contributed by atoms with Gasteiger partial charge >= 0.3 is 0 Å². The van der Waals surface area contributed by atoms with Crippen LogP contribution in [0.2, 0.25) is 0 Å². The Morgan fingerprint density at radius 3 is 3.00 bits per heavy atom. The van der Waals surface area contributed by atoms with Crippen molar-refractivity contribution in [1.82, 2.24) is 29.3 Å². The molecule has 0 saturated carbocycles. The zero-order valence-corrected chi connectivity index (χ0v) is 14.1. The van der Waals surface area contributed by atoms with E-state index in [4.69, 9.17) is 0 Å². The van der Waals surface area contributed by atoms with Crippen LogP contribution in [0.3, 0.4) is 0 Å². The molecule has 1 aliphatic heterocycles. The first-order chi connectivity index (χ1) is 11.3. The van der Waals surface area contributed by atoms with Crippen molar-refractivity contribution in [3.05, 3.63) is 30.6 Å². The van der Waals surface area contributed by atoms with Gasteiger partial charge in [-0.1, -0.05) is 0 Å². The minimum absolute atomic E-state index is 0.271. The predicted molar refractivity (Wildman–Crippen MR) is 91.6 cm³/mol. The number of aromatic nitrogens is 6. The third-order valence-corrected chi connectivity index (χ3v) is 5.26. The Bertz CT molecular complexity index is 824. The van der Waals surface area contributed by atoms with Gasteiger partial charge in [0.1, 0.15) is 6.33 Å². The molecule has 0 radical (unpaired) electrons. The van der Waals surface area contributed by atoms with E-state index in [1.54, 1.807) is 6.33 Å². The fourth-order valence-electron chi connectivity index (χ4n) is 3.06. The van der Waals surface area contributed by atoms with Crippen LogP contribution in [-0.4, -0.2) is 47.3 Å². The Morgan fingerprint density at radius 1 is 1.30 bits per heavy atom. The molecule has 1 atom stereocenters. The Labute approximate surface area is 138 Å². The molecule has 0 aromatic carbocycles. The van der Waals surface area contributed by atoms with Crippen LogP contribution >= 0.6 is 11.8 Å². The Hall–Kier alpha value is -2.09. The summed E-state index contributed by atoms with van der Waals surface area (Å²) in [4.78, 5) is 15.9. The highest BCUT2D eigenvalue weighted by Gasteiger charge is 2.28. The first kappa shape index (κ1) is 14.5. The molecule has 8 heteroatoms. The normalized spacial score (nSPS) is 18.7. The van der Waals surface area contributed by atoms with Crippen LogP contribution in [-0.2, 0) is 13.6 Å². The highest BCUT2D eigenvalue weighted by molar-refractivity contribution is 7.99. The lowest BCUT2D eigenvalue weighted by Crippen LogP contribution is -2.36. The van der Waals surface area contributed by atoms with Crippen LogP contribution in [0.4, 0.5) is 5.82 Å². The SMILES string of the molecule is CCn1cnc2c(N3CCSC[C@@H]3c3cnn(C)c3)ncnc21. The van der Waals surface area contributed by atoms with Crippen molar-refractivity contribution >= 4 is 28.7 Å². The number of imidazole rings is 1. The van der Waals surface area contributed by atoms with E-state index in [0.29, 0.717) is 0 Å².